The molecule has 0 aromatic heterocycles. The van der Waals surface area contributed by atoms with E-state index in [-0.39, 0.29) is 12.2 Å². The first-order valence-corrected chi connectivity index (χ1v) is 13.6. The summed E-state index contributed by atoms with van der Waals surface area (Å²) in [6, 6.07) is 25.8. The highest BCUT2D eigenvalue weighted by atomic mass is 16.6. The van der Waals surface area contributed by atoms with Crippen LogP contribution in [0.5, 0.6) is 0 Å². The van der Waals surface area contributed by atoms with E-state index in [9.17, 15) is 24.5 Å². The lowest BCUT2D eigenvalue weighted by Gasteiger charge is -2.25. The van der Waals surface area contributed by atoms with Crippen LogP contribution in [-0.4, -0.2) is 57.0 Å². The zero-order valence-electron chi connectivity index (χ0n) is 22.6. The van der Waals surface area contributed by atoms with Crippen LogP contribution in [0.2, 0.25) is 0 Å². The molecule has 0 N–H and O–H groups in total. The molecule has 0 radical (unpaired) electrons. The number of nitro benzene ring substituents is 1. The molecule has 12 heteroatoms. The van der Waals surface area contributed by atoms with Gasteiger partial charge in [-0.1, -0.05) is 72.0 Å². The van der Waals surface area contributed by atoms with E-state index in [0.29, 0.717) is 23.4 Å². The van der Waals surface area contributed by atoms with Crippen molar-refractivity contribution in [2.24, 2.45) is 15.4 Å². The first-order chi connectivity index (χ1) is 20.9. The lowest BCUT2D eigenvalue weighted by atomic mass is 9.96. The highest BCUT2D eigenvalue weighted by Crippen LogP contribution is 2.36. The Kier molecular flexibility index (Phi) is 6.23. The summed E-state index contributed by atoms with van der Waals surface area (Å²) < 4.78 is 0. The second kappa shape index (κ2) is 10.2. The Morgan fingerprint density at radius 1 is 0.884 bits per heavy atom. The molecule has 3 amide bonds. The molecule has 3 unspecified atom stereocenters. The van der Waals surface area contributed by atoms with Gasteiger partial charge in [-0.05, 0) is 40.1 Å². The molecule has 0 bridgehead atoms. The SMILES string of the molecule is O=C1C2N=NN(CC(=O)N3N=C(c4ccc5ccccc5c4)CC3c3ccc([N+](=O)[O-])cc3)C2C(=O)N1c1ccccc1. The average Bonchev–Trinajstić information content (AvgIpc) is 3.72. The number of anilines is 1. The molecule has 1 saturated heterocycles. The van der Waals surface area contributed by atoms with E-state index >= 15 is 0 Å². The van der Waals surface area contributed by atoms with Crippen molar-refractivity contribution in [1.82, 2.24) is 10.0 Å². The van der Waals surface area contributed by atoms with Crippen molar-refractivity contribution in [3.63, 3.8) is 0 Å². The Morgan fingerprint density at radius 3 is 2.35 bits per heavy atom. The molecule has 3 atom stereocenters. The fraction of sp³-hybridized carbons (Fsp3) is 0.161. The Balaban J connectivity index is 1.18. The summed E-state index contributed by atoms with van der Waals surface area (Å²) in [5.41, 5.74) is 2.55. The molecule has 0 saturated carbocycles. The largest absolute Gasteiger partial charge is 0.271 e. The molecule has 0 spiro atoms. The minimum atomic E-state index is -1.04. The van der Waals surface area contributed by atoms with Gasteiger partial charge in [0.25, 0.3) is 23.4 Å². The summed E-state index contributed by atoms with van der Waals surface area (Å²) in [6.45, 7) is -0.343. The van der Waals surface area contributed by atoms with Gasteiger partial charge in [0.2, 0.25) is 0 Å². The van der Waals surface area contributed by atoms with Crippen molar-refractivity contribution >= 4 is 45.6 Å². The zero-order chi connectivity index (χ0) is 29.7. The molecule has 7 rings (SSSR count). The fourth-order valence-corrected chi connectivity index (χ4v) is 5.76. The van der Waals surface area contributed by atoms with Gasteiger partial charge in [-0.2, -0.15) is 10.2 Å². The van der Waals surface area contributed by atoms with Crippen LogP contribution in [-0.2, 0) is 14.4 Å². The van der Waals surface area contributed by atoms with Crippen molar-refractivity contribution in [3.8, 4) is 0 Å². The Morgan fingerprint density at radius 2 is 1.60 bits per heavy atom. The quantitative estimate of drug-likeness (QED) is 0.190. The molecular formula is C31H23N7O5. The summed E-state index contributed by atoms with van der Waals surface area (Å²) in [6.07, 6.45) is 0.370. The molecule has 3 aliphatic heterocycles. The summed E-state index contributed by atoms with van der Waals surface area (Å²) in [5.74, 6) is -1.47. The van der Waals surface area contributed by atoms with Gasteiger partial charge in [-0.3, -0.25) is 29.5 Å². The smallest absolute Gasteiger partial charge is 0.269 e. The maximum absolute atomic E-state index is 13.8. The number of benzene rings is 4. The minimum Gasteiger partial charge on any atom is -0.271 e. The molecule has 4 aromatic carbocycles. The average molecular weight is 574 g/mol. The third-order valence-electron chi connectivity index (χ3n) is 7.91. The van der Waals surface area contributed by atoms with E-state index in [1.54, 1.807) is 42.5 Å². The van der Waals surface area contributed by atoms with Gasteiger partial charge in [-0.25, -0.2) is 9.91 Å². The van der Waals surface area contributed by atoms with Gasteiger partial charge in [0.05, 0.1) is 22.4 Å². The molecule has 1 fully saturated rings. The number of hydrogen-bond acceptors (Lipinski definition) is 9. The number of nitro groups is 1. The van der Waals surface area contributed by atoms with E-state index in [1.165, 1.54) is 22.2 Å². The molecule has 4 aromatic rings. The molecule has 43 heavy (non-hydrogen) atoms. The summed E-state index contributed by atoms with van der Waals surface area (Å²) in [4.78, 5) is 52.1. The predicted octanol–water partition coefficient (Wildman–Crippen LogP) is 4.42. The molecular weight excluding hydrogens is 550 g/mol. The molecule has 3 heterocycles. The number of hydrogen-bond donors (Lipinski definition) is 0. The van der Waals surface area contributed by atoms with Crippen LogP contribution in [0, 0.1) is 10.1 Å². The zero-order valence-corrected chi connectivity index (χ0v) is 22.6. The third kappa shape index (κ3) is 4.49. The van der Waals surface area contributed by atoms with Crippen LogP contribution in [0.15, 0.2) is 113 Å². The number of para-hydroxylation sites is 1. The lowest BCUT2D eigenvalue weighted by Crippen LogP contribution is -2.44. The number of hydrazone groups is 1. The Hall–Kier alpha value is -5.78. The van der Waals surface area contributed by atoms with Crippen molar-refractivity contribution in [1.29, 1.82) is 0 Å². The van der Waals surface area contributed by atoms with E-state index < -0.39 is 40.8 Å². The molecule has 12 nitrogen and oxygen atoms in total. The van der Waals surface area contributed by atoms with Crippen LogP contribution in [0.25, 0.3) is 10.8 Å². The summed E-state index contributed by atoms with van der Waals surface area (Å²) in [5, 5.41) is 28.7. The number of carbonyl (C=O) groups is 3. The molecule has 3 aliphatic rings. The maximum Gasteiger partial charge on any atom is 0.269 e. The normalized spacial score (nSPS) is 21.1. The van der Waals surface area contributed by atoms with Crippen LogP contribution in [0.1, 0.15) is 23.6 Å². The maximum atomic E-state index is 13.8. The number of imide groups is 1. The lowest BCUT2D eigenvalue weighted by molar-refractivity contribution is -0.384. The van der Waals surface area contributed by atoms with Crippen molar-refractivity contribution in [2.45, 2.75) is 24.5 Å². The first-order valence-electron chi connectivity index (χ1n) is 13.6. The second-order valence-electron chi connectivity index (χ2n) is 10.5. The third-order valence-corrected chi connectivity index (χ3v) is 7.91. The predicted molar refractivity (Wildman–Crippen MR) is 156 cm³/mol. The van der Waals surface area contributed by atoms with Gasteiger partial charge < -0.3 is 0 Å². The Labute approximate surface area is 244 Å². The van der Waals surface area contributed by atoms with Gasteiger partial charge in [0, 0.05) is 18.6 Å². The second-order valence-corrected chi connectivity index (χ2v) is 10.5. The summed E-state index contributed by atoms with van der Waals surface area (Å²) >= 11 is 0. The van der Waals surface area contributed by atoms with Crippen LogP contribution in [0.3, 0.4) is 0 Å². The van der Waals surface area contributed by atoms with Gasteiger partial charge in [-0.15, -0.1) is 0 Å². The number of carbonyl (C=O) groups excluding carboxylic acids is 3. The van der Waals surface area contributed by atoms with Gasteiger partial charge in [0.1, 0.15) is 6.54 Å². The molecule has 212 valence electrons. The number of amides is 3. The highest BCUT2D eigenvalue weighted by molar-refractivity contribution is 6.25. The number of non-ortho nitro benzene ring substituents is 1. The van der Waals surface area contributed by atoms with Crippen molar-refractivity contribution < 1.29 is 19.3 Å². The topological polar surface area (TPSA) is 141 Å². The van der Waals surface area contributed by atoms with E-state index in [1.807, 2.05) is 42.5 Å². The van der Waals surface area contributed by atoms with Crippen LogP contribution in [0.4, 0.5) is 11.4 Å². The van der Waals surface area contributed by atoms with E-state index in [0.717, 1.165) is 21.2 Å². The minimum absolute atomic E-state index is 0.0637. The van der Waals surface area contributed by atoms with Crippen LogP contribution >= 0.6 is 0 Å². The fourth-order valence-electron chi connectivity index (χ4n) is 5.76. The molecule has 0 aliphatic carbocycles. The number of rotatable bonds is 6. The van der Waals surface area contributed by atoms with Crippen LogP contribution < -0.4 is 4.90 Å². The van der Waals surface area contributed by atoms with E-state index in [2.05, 4.69) is 10.3 Å². The van der Waals surface area contributed by atoms with Crippen molar-refractivity contribution in [2.75, 3.05) is 11.4 Å². The first kappa shape index (κ1) is 26.1. The number of fused-ring (bicyclic) bond motifs is 2. The van der Waals surface area contributed by atoms with E-state index in [4.69, 9.17) is 5.10 Å². The van der Waals surface area contributed by atoms with Gasteiger partial charge in [0.15, 0.2) is 12.1 Å². The van der Waals surface area contributed by atoms with Crippen molar-refractivity contribution in [3.05, 3.63) is 118 Å². The monoisotopic (exact) mass is 573 g/mol. The standard InChI is InChI=1S/C31H23N7O5/c39-27(18-35-29-28(32-34-35)30(40)36(31(29)41)23-8-2-1-3-9-23)37-26(20-12-14-24(15-13-20)38(42)43)17-25(33-37)22-11-10-19-6-4-5-7-21(19)16-22/h1-16,26,28-29H,17-18H2. The number of nitrogens with zero attached hydrogens (tertiary/aromatic N) is 7. The highest BCUT2D eigenvalue weighted by Gasteiger charge is 2.55. The van der Waals surface area contributed by atoms with Gasteiger partial charge >= 0.3 is 0 Å². The Bertz CT molecular complexity index is 1860. The summed E-state index contributed by atoms with van der Waals surface area (Å²) in [7, 11) is 0.